The molecule has 0 radical (unpaired) electrons. The molecule has 0 spiro atoms. The van der Waals surface area contributed by atoms with E-state index in [-0.39, 0.29) is 18.5 Å². The van der Waals surface area contributed by atoms with E-state index in [4.69, 9.17) is 14.9 Å². The number of ether oxygens (including phenoxy) is 2. The van der Waals surface area contributed by atoms with Gasteiger partial charge < -0.3 is 27.2 Å². The van der Waals surface area contributed by atoms with Gasteiger partial charge in [0.2, 0.25) is 5.39 Å². The number of anilines is 2. The highest BCUT2D eigenvalue weighted by Crippen LogP contribution is 2.35. The molecule has 1 N–H and O–H groups in total. The van der Waals surface area contributed by atoms with Gasteiger partial charge in [-0.2, -0.15) is 0 Å². The number of aromatic nitrogens is 1. The molecule has 0 saturated carbocycles. The van der Waals surface area contributed by atoms with E-state index < -0.39 is 0 Å². The molecule has 1 heterocycles. The van der Waals surface area contributed by atoms with Gasteiger partial charge in [-0.05, 0) is 32.0 Å². The van der Waals surface area contributed by atoms with E-state index in [0.717, 1.165) is 5.69 Å². The Kier molecular flexibility index (Phi) is 6.42. The van der Waals surface area contributed by atoms with Crippen LogP contribution in [0.25, 0.3) is 4.98 Å². The standard InChI is InChI=1S/C15H17N4O2.ClH/c1-10(2)21-15-5-4-11(20-3)8-13(15)18-12-6-7-17-9-14(12)19-16;/h4-10H,1-3H3,(H,17,18);1H/q+1;/p-1. The summed E-state index contributed by atoms with van der Waals surface area (Å²) in [6.45, 7) is 3.91. The molecular formula is C15H17ClN4O2. The van der Waals surface area contributed by atoms with Crippen molar-refractivity contribution in [2.75, 3.05) is 12.4 Å². The smallest absolute Gasteiger partial charge is 0.426 e. The summed E-state index contributed by atoms with van der Waals surface area (Å²) in [4.78, 5) is 7.12. The van der Waals surface area contributed by atoms with Gasteiger partial charge in [0.1, 0.15) is 23.4 Å². The van der Waals surface area contributed by atoms with Crippen molar-refractivity contribution < 1.29 is 21.9 Å². The number of halogens is 1. The third kappa shape index (κ3) is 4.24. The van der Waals surface area contributed by atoms with E-state index in [1.807, 2.05) is 32.0 Å². The fourth-order valence-corrected chi connectivity index (χ4v) is 1.81. The summed E-state index contributed by atoms with van der Waals surface area (Å²) in [5.74, 6) is 1.39. The lowest BCUT2D eigenvalue weighted by molar-refractivity contribution is -0.00000606. The molecule has 2 rings (SSSR count). The molecule has 0 saturated heterocycles. The number of nitrogens with one attached hydrogen (secondary N) is 1. The average Bonchev–Trinajstić information content (AvgIpc) is 2.49. The highest BCUT2D eigenvalue weighted by atomic mass is 35.5. The first-order valence-electron chi connectivity index (χ1n) is 6.55. The first-order valence-corrected chi connectivity index (χ1v) is 6.55. The Hall–Kier alpha value is -2.52. The Balaban J connectivity index is 0.00000242. The van der Waals surface area contributed by atoms with Crippen LogP contribution < -0.4 is 27.2 Å². The summed E-state index contributed by atoms with van der Waals surface area (Å²) in [6.07, 6.45) is 3.12. The van der Waals surface area contributed by atoms with Crippen LogP contribution in [-0.4, -0.2) is 18.2 Å². The van der Waals surface area contributed by atoms with E-state index in [2.05, 4.69) is 15.3 Å². The molecule has 0 aliphatic rings. The summed E-state index contributed by atoms with van der Waals surface area (Å²) in [7, 11) is 1.60. The van der Waals surface area contributed by atoms with E-state index in [1.54, 1.807) is 19.4 Å². The second-order valence-electron chi connectivity index (χ2n) is 4.65. The molecule has 1 aromatic carbocycles. The first-order chi connectivity index (χ1) is 10.1. The number of rotatable bonds is 5. The number of pyridine rings is 1. The molecule has 22 heavy (non-hydrogen) atoms. The van der Waals surface area contributed by atoms with E-state index in [9.17, 15) is 0 Å². The number of diazo groups is 1. The van der Waals surface area contributed by atoms with Crippen molar-refractivity contribution in [3.8, 4) is 11.5 Å². The second-order valence-corrected chi connectivity index (χ2v) is 4.65. The Bertz CT molecular complexity index is 671. The van der Waals surface area contributed by atoms with Gasteiger partial charge in [-0.15, -0.1) is 0 Å². The number of hydrogen-bond donors (Lipinski definition) is 1. The quantitative estimate of drug-likeness (QED) is 0.836. The molecule has 0 unspecified atom stereocenters. The normalized spacial score (nSPS) is 9.59. The first kappa shape index (κ1) is 17.5. The Labute approximate surface area is 135 Å². The van der Waals surface area contributed by atoms with Gasteiger partial charge in [-0.1, -0.05) is 0 Å². The van der Waals surface area contributed by atoms with E-state index in [0.29, 0.717) is 22.9 Å². The van der Waals surface area contributed by atoms with Gasteiger partial charge in [-0.3, -0.25) is 4.98 Å². The molecule has 1 aromatic heterocycles. The predicted molar refractivity (Wildman–Crippen MR) is 81.0 cm³/mol. The van der Waals surface area contributed by atoms with Gasteiger partial charge in [0.15, 0.2) is 4.98 Å². The topological polar surface area (TPSA) is 71.5 Å². The van der Waals surface area contributed by atoms with Crippen molar-refractivity contribution in [1.29, 1.82) is 5.39 Å². The van der Waals surface area contributed by atoms with Crippen LogP contribution in [0, 0.1) is 5.39 Å². The fourth-order valence-electron chi connectivity index (χ4n) is 1.81. The third-order valence-electron chi connectivity index (χ3n) is 2.73. The third-order valence-corrected chi connectivity index (χ3v) is 2.73. The molecular weight excluding hydrogens is 304 g/mol. The zero-order chi connectivity index (χ0) is 15.2. The number of methoxy groups -OCH3 is 1. The maximum atomic E-state index is 9.00. The SMILES string of the molecule is COc1ccc(OC(C)C)c(Nc2ccncc2[N+]#N)c1.[Cl-]. The highest BCUT2D eigenvalue weighted by molar-refractivity contribution is 5.76. The highest BCUT2D eigenvalue weighted by Gasteiger charge is 2.16. The van der Waals surface area contributed by atoms with Crippen LogP contribution in [0.3, 0.4) is 0 Å². The summed E-state index contributed by atoms with van der Waals surface area (Å²) in [5, 5.41) is 12.2. The largest absolute Gasteiger partial charge is 1.00 e. The van der Waals surface area contributed by atoms with Crippen LogP contribution in [-0.2, 0) is 0 Å². The number of nitrogens with zero attached hydrogens (tertiary/aromatic N) is 3. The molecule has 0 aliphatic heterocycles. The lowest BCUT2D eigenvalue weighted by atomic mass is 10.2. The summed E-state index contributed by atoms with van der Waals surface area (Å²) < 4.78 is 11.0. The van der Waals surface area contributed by atoms with Crippen molar-refractivity contribution in [1.82, 2.24) is 4.98 Å². The van der Waals surface area contributed by atoms with Crippen molar-refractivity contribution in [2.24, 2.45) is 0 Å². The maximum absolute atomic E-state index is 9.00. The summed E-state index contributed by atoms with van der Waals surface area (Å²) in [5.41, 5.74) is 1.68. The van der Waals surface area contributed by atoms with Crippen LogP contribution in [0.1, 0.15) is 13.8 Å². The molecule has 116 valence electrons. The lowest BCUT2D eigenvalue weighted by Gasteiger charge is -2.16. The van der Waals surface area contributed by atoms with Gasteiger partial charge >= 0.3 is 5.69 Å². The maximum Gasteiger partial charge on any atom is 0.426 e. The van der Waals surface area contributed by atoms with Crippen LogP contribution >= 0.6 is 0 Å². The molecule has 2 aromatic rings. The van der Waals surface area contributed by atoms with Crippen molar-refractivity contribution in [3.05, 3.63) is 41.6 Å². The van der Waals surface area contributed by atoms with E-state index in [1.165, 1.54) is 6.20 Å². The predicted octanol–water partition coefficient (Wildman–Crippen LogP) is 1.11. The Morgan fingerprint density at radius 1 is 1.23 bits per heavy atom. The molecule has 0 fully saturated rings. The minimum Gasteiger partial charge on any atom is -1.00 e. The zero-order valence-electron chi connectivity index (χ0n) is 12.6. The van der Waals surface area contributed by atoms with Gasteiger partial charge in [0, 0.05) is 12.3 Å². The molecule has 0 bridgehead atoms. The minimum atomic E-state index is 0. The minimum absolute atomic E-state index is 0. The van der Waals surface area contributed by atoms with Crippen molar-refractivity contribution in [2.45, 2.75) is 20.0 Å². The average molecular weight is 321 g/mol. The molecule has 0 aliphatic carbocycles. The van der Waals surface area contributed by atoms with Crippen LogP contribution in [0.2, 0.25) is 0 Å². The summed E-state index contributed by atoms with van der Waals surface area (Å²) in [6, 6.07) is 7.19. The van der Waals surface area contributed by atoms with Gasteiger partial charge in [0.25, 0.3) is 0 Å². The molecule has 6 nitrogen and oxygen atoms in total. The van der Waals surface area contributed by atoms with Crippen molar-refractivity contribution >= 4 is 17.1 Å². The summed E-state index contributed by atoms with van der Waals surface area (Å²) >= 11 is 0. The number of benzene rings is 1. The van der Waals surface area contributed by atoms with Crippen molar-refractivity contribution in [3.63, 3.8) is 0 Å². The Morgan fingerprint density at radius 2 is 2.00 bits per heavy atom. The van der Waals surface area contributed by atoms with Crippen LogP contribution in [0.4, 0.5) is 17.1 Å². The fraction of sp³-hybridized carbons (Fsp3) is 0.267. The zero-order valence-corrected chi connectivity index (χ0v) is 13.3. The van der Waals surface area contributed by atoms with E-state index >= 15 is 0 Å². The number of hydrogen-bond acceptors (Lipinski definition) is 5. The second kappa shape index (κ2) is 8.05. The van der Waals surface area contributed by atoms with Gasteiger partial charge in [-0.25, -0.2) is 0 Å². The van der Waals surface area contributed by atoms with Gasteiger partial charge in [0.05, 0.1) is 18.9 Å². The molecule has 0 atom stereocenters. The monoisotopic (exact) mass is 320 g/mol. The lowest BCUT2D eigenvalue weighted by Crippen LogP contribution is -3.00. The molecule has 7 heteroatoms. The van der Waals surface area contributed by atoms with Crippen LogP contribution in [0.15, 0.2) is 36.7 Å². The Morgan fingerprint density at radius 3 is 2.64 bits per heavy atom. The molecule has 0 amide bonds. The van der Waals surface area contributed by atoms with Crippen LogP contribution in [0.5, 0.6) is 11.5 Å².